The molecule has 2 N–H and O–H groups in total. The summed E-state index contributed by atoms with van der Waals surface area (Å²) < 4.78 is 5.41. The summed E-state index contributed by atoms with van der Waals surface area (Å²) in [4.78, 5) is 41.6. The van der Waals surface area contributed by atoms with Crippen LogP contribution in [0.1, 0.15) is 43.5 Å². The third kappa shape index (κ3) is 9.00. The van der Waals surface area contributed by atoms with Crippen molar-refractivity contribution in [1.82, 2.24) is 15.5 Å². The molecule has 202 valence electrons. The normalized spacial score (nSPS) is 12.4. The third-order valence-corrected chi connectivity index (χ3v) is 5.78. The molecule has 0 radical (unpaired) electrons. The zero-order chi connectivity index (χ0) is 28.3. The minimum atomic E-state index is -1.10. The van der Waals surface area contributed by atoms with Crippen LogP contribution in [-0.4, -0.2) is 41.0 Å². The van der Waals surface area contributed by atoms with E-state index in [-0.39, 0.29) is 19.5 Å². The summed E-state index contributed by atoms with van der Waals surface area (Å²) in [6.45, 7) is 5.07. The first-order chi connectivity index (χ1) is 18.7. The second-order valence-electron chi connectivity index (χ2n) is 10.0. The molecule has 0 aliphatic carbocycles. The number of nitrogens with zero attached hydrogens (tertiary/aromatic N) is 2. The lowest BCUT2D eigenvalue weighted by molar-refractivity contribution is -0.141. The Hall–Kier alpha value is -4.64. The van der Waals surface area contributed by atoms with Crippen molar-refractivity contribution in [2.45, 2.75) is 51.4 Å². The monoisotopic (exact) mass is 526 g/mol. The van der Waals surface area contributed by atoms with Crippen LogP contribution in [0.4, 0.5) is 4.79 Å². The van der Waals surface area contributed by atoms with Gasteiger partial charge in [0.2, 0.25) is 11.8 Å². The summed E-state index contributed by atoms with van der Waals surface area (Å²) >= 11 is 0. The van der Waals surface area contributed by atoms with Crippen molar-refractivity contribution < 1.29 is 19.1 Å². The minimum absolute atomic E-state index is 0.147. The molecule has 3 rings (SSSR count). The fraction of sp³-hybridized carbons (Fsp3) is 0.290. The van der Waals surface area contributed by atoms with Crippen molar-refractivity contribution in [3.05, 3.63) is 108 Å². The minimum Gasteiger partial charge on any atom is -0.444 e. The number of carbonyl (C=O) groups excluding carboxylic acids is 3. The maximum Gasteiger partial charge on any atom is 0.408 e. The van der Waals surface area contributed by atoms with E-state index in [1.54, 1.807) is 51.1 Å². The smallest absolute Gasteiger partial charge is 0.408 e. The summed E-state index contributed by atoms with van der Waals surface area (Å²) in [6, 6.07) is 27.3. The Bertz CT molecular complexity index is 1270. The molecule has 2 unspecified atom stereocenters. The average Bonchev–Trinajstić information content (AvgIpc) is 2.91. The van der Waals surface area contributed by atoms with Gasteiger partial charge in [0.25, 0.3) is 0 Å². The van der Waals surface area contributed by atoms with Crippen LogP contribution in [0.2, 0.25) is 0 Å². The summed E-state index contributed by atoms with van der Waals surface area (Å²) in [5.41, 5.74) is 1.46. The van der Waals surface area contributed by atoms with Gasteiger partial charge in [0.15, 0.2) is 0 Å². The molecule has 3 aromatic rings. The Morgan fingerprint density at radius 1 is 0.872 bits per heavy atom. The molecule has 0 aromatic heterocycles. The molecule has 0 aliphatic heterocycles. The number of hydrogen-bond acceptors (Lipinski definition) is 5. The van der Waals surface area contributed by atoms with Crippen LogP contribution >= 0.6 is 0 Å². The number of rotatable bonds is 10. The number of amides is 3. The number of ether oxygens (including phenoxy) is 1. The highest BCUT2D eigenvalue weighted by molar-refractivity contribution is 5.92. The lowest BCUT2D eigenvalue weighted by Crippen LogP contribution is -2.53. The van der Waals surface area contributed by atoms with Crippen molar-refractivity contribution in [3.8, 4) is 6.07 Å². The molecule has 0 aliphatic rings. The van der Waals surface area contributed by atoms with Crippen molar-refractivity contribution in [3.63, 3.8) is 0 Å². The lowest BCUT2D eigenvalue weighted by Gasteiger charge is -2.33. The third-order valence-electron chi connectivity index (χ3n) is 5.78. The molecule has 39 heavy (non-hydrogen) atoms. The van der Waals surface area contributed by atoms with Gasteiger partial charge in [0.1, 0.15) is 24.2 Å². The van der Waals surface area contributed by atoms with Gasteiger partial charge in [-0.25, -0.2) is 4.79 Å². The first-order valence-electron chi connectivity index (χ1n) is 12.8. The van der Waals surface area contributed by atoms with Crippen LogP contribution in [0.15, 0.2) is 91.0 Å². The van der Waals surface area contributed by atoms with Crippen molar-refractivity contribution in [1.29, 1.82) is 5.26 Å². The number of alkyl carbamates (subject to hydrolysis) is 1. The molecule has 0 fully saturated rings. The molecule has 0 saturated heterocycles. The van der Waals surface area contributed by atoms with E-state index in [1.165, 1.54) is 4.90 Å². The topological polar surface area (TPSA) is 112 Å². The van der Waals surface area contributed by atoms with E-state index in [0.717, 1.165) is 11.1 Å². The average molecular weight is 527 g/mol. The zero-order valence-corrected chi connectivity index (χ0v) is 22.5. The fourth-order valence-electron chi connectivity index (χ4n) is 4.06. The molecule has 0 saturated carbocycles. The Kier molecular flexibility index (Phi) is 10.2. The van der Waals surface area contributed by atoms with Gasteiger partial charge in [-0.15, -0.1) is 0 Å². The lowest BCUT2D eigenvalue weighted by atomic mass is 10.0. The Balaban J connectivity index is 1.95. The predicted octanol–water partition coefficient (Wildman–Crippen LogP) is 4.53. The van der Waals surface area contributed by atoms with Crippen molar-refractivity contribution >= 4 is 17.9 Å². The van der Waals surface area contributed by atoms with Crippen LogP contribution < -0.4 is 10.6 Å². The Labute approximate surface area is 229 Å². The van der Waals surface area contributed by atoms with E-state index in [1.807, 2.05) is 66.7 Å². The van der Waals surface area contributed by atoms with Crippen molar-refractivity contribution in [2.24, 2.45) is 0 Å². The highest BCUT2D eigenvalue weighted by atomic mass is 16.6. The maximum absolute atomic E-state index is 14.1. The number of hydrogen-bond donors (Lipinski definition) is 2. The van der Waals surface area contributed by atoms with E-state index in [4.69, 9.17) is 4.74 Å². The van der Waals surface area contributed by atoms with Crippen molar-refractivity contribution in [2.75, 3.05) is 6.54 Å². The standard InChI is InChI=1S/C31H34N4O4/c1-31(2,3)39-30(38)34-26(21-23-13-7-4-8-14-23)29(37)35(20-19-32)27(25-17-11-6-12-18-25)28(36)33-22-24-15-9-5-10-16-24/h4-18,26-27H,20-22H2,1-3H3,(H,33,36)(H,34,38). The fourth-order valence-corrected chi connectivity index (χ4v) is 4.06. The van der Waals surface area contributed by atoms with Crippen LogP contribution in [0, 0.1) is 11.3 Å². The Morgan fingerprint density at radius 3 is 1.95 bits per heavy atom. The summed E-state index contributed by atoms with van der Waals surface area (Å²) in [6.07, 6.45) is -0.618. The van der Waals surface area contributed by atoms with E-state index in [2.05, 4.69) is 10.6 Å². The molecule has 8 heteroatoms. The van der Waals surface area contributed by atoms with Crippen LogP contribution in [0.3, 0.4) is 0 Å². The largest absolute Gasteiger partial charge is 0.444 e. The number of carbonyl (C=O) groups is 3. The van der Waals surface area contributed by atoms with E-state index in [0.29, 0.717) is 5.56 Å². The molecular formula is C31H34N4O4. The first kappa shape index (κ1) is 28.9. The van der Waals surface area contributed by atoms with Gasteiger partial charge in [-0.05, 0) is 37.5 Å². The molecule has 0 heterocycles. The number of nitriles is 1. The van der Waals surface area contributed by atoms with Crippen LogP contribution in [0.5, 0.6) is 0 Å². The maximum atomic E-state index is 14.1. The van der Waals surface area contributed by atoms with Gasteiger partial charge in [0, 0.05) is 13.0 Å². The first-order valence-corrected chi connectivity index (χ1v) is 12.8. The SMILES string of the molecule is CC(C)(C)OC(=O)NC(Cc1ccccc1)C(=O)N(CC#N)C(C(=O)NCc1ccccc1)c1ccccc1. The highest BCUT2D eigenvalue weighted by Crippen LogP contribution is 2.23. The second-order valence-corrected chi connectivity index (χ2v) is 10.0. The number of benzene rings is 3. The molecule has 0 spiro atoms. The second kappa shape index (κ2) is 13.8. The van der Waals surface area contributed by atoms with Gasteiger partial charge >= 0.3 is 6.09 Å². The molecular weight excluding hydrogens is 492 g/mol. The molecule has 3 amide bonds. The molecule has 3 aromatic carbocycles. The molecule has 0 bridgehead atoms. The van der Waals surface area contributed by atoms with Crippen LogP contribution in [-0.2, 0) is 27.3 Å². The Morgan fingerprint density at radius 2 is 1.41 bits per heavy atom. The summed E-state index contributed by atoms with van der Waals surface area (Å²) in [5.74, 6) is -1.01. The van der Waals surface area contributed by atoms with Gasteiger partial charge < -0.3 is 20.3 Å². The van der Waals surface area contributed by atoms with E-state index in [9.17, 15) is 19.6 Å². The zero-order valence-electron chi connectivity index (χ0n) is 22.5. The van der Waals surface area contributed by atoms with Gasteiger partial charge in [-0.1, -0.05) is 91.0 Å². The quantitative estimate of drug-likeness (QED) is 0.377. The van der Waals surface area contributed by atoms with Crippen LogP contribution in [0.25, 0.3) is 0 Å². The summed E-state index contributed by atoms with van der Waals surface area (Å²) in [7, 11) is 0. The predicted molar refractivity (Wildman–Crippen MR) is 148 cm³/mol. The van der Waals surface area contributed by atoms with Gasteiger partial charge in [-0.3, -0.25) is 9.59 Å². The van der Waals surface area contributed by atoms with Gasteiger partial charge in [-0.2, -0.15) is 5.26 Å². The highest BCUT2D eigenvalue weighted by Gasteiger charge is 2.36. The van der Waals surface area contributed by atoms with E-state index >= 15 is 0 Å². The molecule has 8 nitrogen and oxygen atoms in total. The number of nitrogens with one attached hydrogen (secondary N) is 2. The van der Waals surface area contributed by atoms with E-state index < -0.39 is 35.6 Å². The van der Waals surface area contributed by atoms with Gasteiger partial charge in [0.05, 0.1) is 6.07 Å². The summed E-state index contributed by atoms with van der Waals surface area (Å²) in [5, 5.41) is 15.3. The molecule has 2 atom stereocenters.